The molecule has 0 unspecified atom stereocenters. The van der Waals surface area contributed by atoms with E-state index in [-0.39, 0.29) is 5.69 Å². The van der Waals surface area contributed by atoms with E-state index in [0.29, 0.717) is 14.5 Å². The lowest BCUT2D eigenvalue weighted by molar-refractivity contribution is -0.385. The highest BCUT2D eigenvalue weighted by atomic mass is 79.9. The molecule has 1 aromatic carbocycles. The van der Waals surface area contributed by atoms with E-state index in [1.807, 2.05) is 6.07 Å². The Morgan fingerprint density at radius 1 is 1.38 bits per heavy atom. The largest absolute Gasteiger partial charge is 0.271 e. The van der Waals surface area contributed by atoms with Crippen LogP contribution in [0.2, 0.25) is 0 Å². The Bertz CT molecular complexity index is 388. The third kappa shape index (κ3) is 2.05. The van der Waals surface area contributed by atoms with Crippen molar-refractivity contribution in [3.05, 3.63) is 36.8 Å². The lowest BCUT2D eigenvalue weighted by Gasteiger charge is -1.98. The fourth-order valence-corrected chi connectivity index (χ4v) is 2.11. The van der Waals surface area contributed by atoms with Crippen molar-refractivity contribution >= 4 is 37.5 Å². The summed E-state index contributed by atoms with van der Waals surface area (Å²) in [7, 11) is 0. The van der Waals surface area contributed by atoms with Gasteiger partial charge in [0.25, 0.3) is 5.69 Å². The van der Waals surface area contributed by atoms with Gasteiger partial charge in [0.15, 0.2) is 0 Å². The molecule has 0 bridgehead atoms. The number of hydrogen-bond donors (Lipinski definition) is 0. The predicted octanol–water partition coefficient (Wildman–Crippen LogP) is 2.99. The van der Waals surface area contributed by atoms with E-state index in [2.05, 4.69) is 31.9 Å². The molecule has 4 nitrogen and oxygen atoms in total. The first-order chi connectivity index (χ1) is 6.06. The monoisotopic (exact) mass is 304 g/mol. The van der Waals surface area contributed by atoms with E-state index in [9.17, 15) is 10.1 Å². The summed E-state index contributed by atoms with van der Waals surface area (Å²) in [6.45, 7) is 0. The number of nitriles is 1. The highest BCUT2D eigenvalue weighted by Crippen LogP contribution is 2.29. The van der Waals surface area contributed by atoms with Crippen molar-refractivity contribution in [2.24, 2.45) is 0 Å². The SMILES string of the molecule is N#Cc1c(Br)cc([N+](=O)[O-])cc1Br. The second-order valence-corrected chi connectivity index (χ2v) is 3.86. The summed E-state index contributed by atoms with van der Waals surface area (Å²) in [4.78, 5) is 9.87. The number of nitro benzene ring substituents is 1. The van der Waals surface area contributed by atoms with Gasteiger partial charge in [0.1, 0.15) is 6.07 Å². The van der Waals surface area contributed by atoms with E-state index in [4.69, 9.17) is 5.26 Å². The number of benzene rings is 1. The molecule has 1 aromatic rings. The maximum Gasteiger partial charge on any atom is 0.271 e. The number of rotatable bonds is 1. The van der Waals surface area contributed by atoms with Crippen LogP contribution in [0.15, 0.2) is 21.1 Å². The first-order valence-corrected chi connectivity index (χ1v) is 4.68. The van der Waals surface area contributed by atoms with Gasteiger partial charge < -0.3 is 0 Å². The van der Waals surface area contributed by atoms with Crippen LogP contribution in [-0.2, 0) is 0 Å². The molecule has 0 heterocycles. The van der Waals surface area contributed by atoms with Gasteiger partial charge in [-0.3, -0.25) is 10.1 Å². The Balaban J connectivity index is 3.39. The molecule has 0 aliphatic rings. The Morgan fingerprint density at radius 3 is 2.15 bits per heavy atom. The van der Waals surface area contributed by atoms with E-state index >= 15 is 0 Å². The molecule has 6 heteroatoms. The Hall–Kier alpha value is -0.930. The highest BCUT2D eigenvalue weighted by Gasteiger charge is 2.12. The number of halogens is 2. The van der Waals surface area contributed by atoms with Crippen molar-refractivity contribution in [2.75, 3.05) is 0 Å². The van der Waals surface area contributed by atoms with E-state index in [1.165, 1.54) is 12.1 Å². The van der Waals surface area contributed by atoms with Gasteiger partial charge in [-0.25, -0.2) is 0 Å². The normalized spacial score (nSPS) is 9.31. The second-order valence-electron chi connectivity index (χ2n) is 2.15. The summed E-state index contributed by atoms with van der Waals surface area (Å²) in [5.74, 6) is 0. The van der Waals surface area contributed by atoms with Crippen molar-refractivity contribution in [3.63, 3.8) is 0 Å². The molecule has 0 N–H and O–H groups in total. The van der Waals surface area contributed by atoms with Crippen LogP contribution in [0.4, 0.5) is 5.69 Å². The van der Waals surface area contributed by atoms with Gasteiger partial charge in [0.2, 0.25) is 0 Å². The molecule has 0 fully saturated rings. The summed E-state index contributed by atoms with van der Waals surface area (Å²) in [5, 5.41) is 19.0. The second kappa shape index (κ2) is 3.85. The van der Waals surface area contributed by atoms with Crippen molar-refractivity contribution in [1.29, 1.82) is 5.26 Å². The Kier molecular flexibility index (Phi) is 3.01. The number of hydrogen-bond acceptors (Lipinski definition) is 3. The molecule has 0 saturated heterocycles. The third-order valence-electron chi connectivity index (χ3n) is 1.35. The van der Waals surface area contributed by atoms with Gasteiger partial charge in [-0.2, -0.15) is 5.26 Å². The average molecular weight is 306 g/mol. The van der Waals surface area contributed by atoms with Gasteiger partial charge in [0.05, 0.1) is 10.5 Å². The molecule has 13 heavy (non-hydrogen) atoms. The van der Waals surface area contributed by atoms with Gasteiger partial charge in [0, 0.05) is 21.1 Å². The summed E-state index contributed by atoms with van der Waals surface area (Å²) >= 11 is 6.14. The minimum Gasteiger partial charge on any atom is -0.258 e. The highest BCUT2D eigenvalue weighted by molar-refractivity contribution is 9.11. The summed E-state index contributed by atoms with van der Waals surface area (Å²) in [6, 6.07) is 4.50. The fraction of sp³-hybridized carbons (Fsp3) is 0. The molecular formula is C7H2Br2N2O2. The summed E-state index contributed by atoms with van der Waals surface area (Å²) < 4.78 is 0.826. The molecule has 0 saturated carbocycles. The van der Waals surface area contributed by atoms with Crippen LogP contribution in [0.25, 0.3) is 0 Å². The van der Waals surface area contributed by atoms with Crippen molar-refractivity contribution in [2.45, 2.75) is 0 Å². The maximum atomic E-state index is 10.4. The van der Waals surface area contributed by atoms with Crippen LogP contribution in [0.3, 0.4) is 0 Å². The van der Waals surface area contributed by atoms with Crippen LogP contribution in [0.1, 0.15) is 5.56 Å². The molecule has 0 amide bonds. The zero-order valence-corrected chi connectivity index (χ0v) is 9.29. The summed E-state index contributed by atoms with van der Waals surface area (Å²) in [5.41, 5.74) is 0.295. The molecule has 0 radical (unpaired) electrons. The molecule has 0 aromatic heterocycles. The van der Waals surface area contributed by atoms with Crippen LogP contribution < -0.4 is 0 Å². The lowest BCUT2D eigenvalue weighted by atomic mass is 10.2. The standard InChI is InChI=1S/C7H2Br2N2O2/c8-6-1-4(11(12)13)2-7(9)5(6)3-10/h1-2H. The molecule has 66 valence electrons. The van der Waals surface area contributed by atoms with E-state index in [0.717, 1.165) is 0 Å². The van der Waals surface area contributed by atoms with Crippen LogP contribution in [0.5, 0.6) is 0 Å². The van der Waals surface area contributed by atoms with Crippen molar-refractivity contribution < 1.29 is 4.92 Å². The van der Waals surface area contributed by atoms with E-state index < -0.39 is 4.92 Å². The maximum absolute atomic E-state index is 10.4. The van der Waals surface area contributed by atoms with Gasteiger partial charge in [-0.05, 0) is 31.9 Å². The number of non-ortho nitro benzene ring substituents is 1. The molecule has 0 aliphatic heterocycles. The quantitative estimate of drug-likeness (QED) is 0.591. The molecule has 0 atom stereocenters. The zero-order valence-electron chi connectivity index (χ0n) is 6.12. The minimum atomic E-state index is -0.517. The van der Waals surface area contributed by atoms with E-state index in [1.54, 1.807) is 0 Å². The molecular weight excluding hydrogens is 304 g/mol. The predicted molar refractivity (Wildman–Crippen MR) is 53.2 cm³/mol. The van der Waals surface area contributed by atoms with Crippen LogP contribution >= 0.6 is 31.9 Å². The van der Waals surface area contributed by atoms with Gasteiger partial charge >= 0.3 is 0 Å². The lowest BCUT2D eigenvalue weighted by Crippen LogP contribution is -1.90. The van der Waals surface area contributed by atoms with Crippen LogP contribution in [-0.4, -0.2) is 4.92 Å². The number of nitro groups is 1. The topological polar surface area (TPSA) is 66.9 Å². The smallest absolute Gasteiger partial charge is 0.258 e. The summed E-state index contributed by atoms with van der Waals surface area (Å²) in [6.07, 6.45) is 0. The first-order valence-electron chi connectivity index (χ1n) is 3.10. The van der Waals surface area contributed by atoms with Gasteiger partial charge in [-0.15, -0.1) is 0 Å². The first kappa shape index (κ1) is 10.2. The molecule has 0 spiro atoms. The average Bonchev–Trinajstić information content (AvgIpc) is 2.03. The van der Waals surface area contributed by atoms with Gasteiger partial charge in [-0.1, -0.05) is 0 Å². The van der Waals surface area contributed by atoms with Crippen LogP contribution in [0, 0.1) is 21.4 Å². The number of nitrogens with zero attached hydrogens (tertiary/aromatic N) is 2. The van der Waals surface area contributed by atoms with Crippen molar-refractivity contribution in [1.82, 2.24) is 0 Å². The molecule has 0 aliphatic carbocycles. The van der Waals surface area contributed by atoms with Crippen molar-refractivity contribution in [3.8, 4) is 6.07 Å². The minimum absolute atomic E-state index is 0.0576. The Morgan fingerprint density at radius 2 is 1.85 bits per heavy atom. The third-order valence-corrected chi connectivity index (χ3v) is 2.60. The molecule has 1 rings (SSSR count). The fourth-order valence-electron chi connectivity index (χ4n) is 0.772. The zero-order chi connectivity index (χ0) is 10.0. The Labute approximate surface area is 90.6 Å².